The fraction of sp³-hybridized carbons (Fsp3) is 0.316. The second-order valence-corrected chi connectivity index (χ2v) is 6.39. The third kappa shape index (κ3) is 3.61. The molecule has 3 heterocycles. The number of nitrogens with zero attached hydrogens (tertiary/aromatic N) is 4. The Bertz CT molecular complexity index is 935. The summed E-state index contributed by atoms with van der Waals surface area (Å²) in [7, 11) is 1.97. The number of amides is 1. The van der Waals surface area contributed by atoms with Crippen LogP contribution in [0.1, 0.15) is 27.6 Å². The normalized spacial score (nSPS) is 13.6. The molecule has 1 aliphatic heterocycles. The van der Waals surface area contributed by atoms with Crippen molar-refractivity contribution in [2.75, 3.05) is 13.1 Å². The highest BCUT2D eigenvalue weighted by molar-refractivity contribution is 5.92. The van der Waals surface area contributed by atoms with Crippen LogP contribution in [0.3, 0.4) is 0 Å². The molecule has 0 aliphatic carbocycles. The molecule has 1 amide bonds. The van der Waals surface area contributed by atoms with Gasteiger partial charge in [0.1, 0.15) is 6.26 Å². The van der Waals surface area contributed by atoms with Crippen molar-refractivity contribution in [3.8, 4) is 11.3 Å². The number of oxazole rings is 1. The zero-order chi connectivity index (χ0) is 18.1. The first-order valence-corrected chi connectivity index (χ1v) is 8.71. The van der Waals surface area contributed by atoms with E-state index in [4.69, 9.17) is 15.2 Å². The predicted octanol–water partition coefficient (Wildman–Crippen LogP) is 2.20. The molecule has 0 bridgehead atoms. The maximum Gasteiger partial charge on any atom is 0.275 e. The number of fused-ring (bicyclic) bond motifs is 1. The first kappa shape index (κ1) is 19.1. The minimum Gasteiger partial charge on any atom is -0.447 e. The quantitative estimate of drug-likeness (QED) is 0.744. The minimum atomic E-state index is -0.115. The van der Waals surface area contributed by atoms with Crippen LogP contribution in [0.4, 0.5) is 0 Å². The zero-order valence-corrected chi connectivity index (χ0v) is 15.9. The molecule has 0 radical (unpaired) electrons. The van der Waals surface area contributed by atoms with Crippen LogP contribution in [0.15, 0.2) is 41.0 Å². The van der Waals surface area contributed by atoms with Crippen LogP contribution in [0.25, 0.3) is 11.3 Å². The summed E-state index contributed by atoms with van der Waals surface area (Å²) in [5.74, 6) is 0.262. The van der Waals surface area contributed by atoms with Crippen molar-refractivity contribution in [2.45, 2.75) is 19.4 Å². The molecule has 0 spiro atoms. The number of halogens is 1. The van der Waals surface area contributed by atoms with Crippen molar-refractivity contribution in [3.63, 3.8) is 0 Å². The SMILES string of the molecule is Cl.Cn1nc(-c2ccccc2)c2c1CCN(C(=O)c1coc(CN)n1)CC2. The standard InChI is InChI=1S/C19H21N5O2.ClH/c1-23-16-8-10-24(19(25)15-12-26-17(11-20)21-15)9-7-14(16)18(22-23)13-5-3-2-4-6-13;/h2-6,12H,7-11,20H2,1H3;1H. The molecule has 0 atom stereocenters. The molecule has 0 unspecified atom stereocenters. The summed E-state index contributed by atoms with van der Waals surface area (Å²) in [5.41, 5.74) is 10.3. The van der Waals surface area contributed by atoms with Gasteiger partial charge in [-0.2, -0.15) is 5.10 Å². The van der Waals surface area contributed by atoms with Gasteiger partial charge in [0, 0.05) is 43.4 Å². The lowest BCUT2D eigenvalue weighted by molar-refractivity contribution is 0.0756. The molecule has 0 saturated carbocycles. The van der Waals surface area contributed by atoms with Crippen LogP contribution in [0.2, 0.25) is 0 Å². The van der Waals surface area contributed by atoms with Crippen LogP contribution >= 0.6 is 12.4 Å². The molecule has 4 rings (SSSR count). The summed E-state index contributed by atoms with van der Waals surface area (Å²) in [4.78, 5) is 18.7. The van der Waals surface area contributed by atoms with Gasteiger partial charge in [0.25, 0.3) is 5.91 Å². The van der Waals surface area contributed by atoms with Crippen LogP contribution in [0.5, 0.6) is 0 Å². The molecule has 2 aromatic heterocycles. The second-order valence-electron chi connectivity index (χ2n) is 6.39. The van der Waals surface area contributed by atoms with E-state index >= 15 is 0 Å². The van der Waals surface area contributed by atoms with Crippen molar-refractivity contribution in [2.24, 2.45) is 12.8 Å². The molecule has 1 aromatic carbocycles. The molecule has 7 nitrogen and oxygen atoms in total. The van der Waals surface area contributed by atoms with E-state index in [0.29, 0.717) is 24.7 Å². The number of carbonyl (C=O) groups is 1. The van der Waals surface area contributed by atoms with Gasteiger partial charge in [-0.3, -0.25) is 9.48 Å². The number of rotatable bonds is 3. The highest BCUT2D eigenvalue weighted by Crippen LogP contribution is 2.28. The Labute approximate surface area is 163 Å². The Morgan fingerprint density at radius 1 is 1.22 bits per heavy atom. The fourth-order valence-electron chi connectivity index (χ4n) is 3.47. The number of carbonyl (C=O) groups excluding carboxylic acids is 1. The molecule has 8 heteroatoms. The molecule has 1 aliphatic rings. The van der Waals surface area contributed by atoms with E-state index in [-0.39, 0.29) is 24.9 Å². The molecular weight excluding hydrogens is 366 g/mol. The van der Waals surface area contributed by atoms with Gasteiger partial charge >= 0.3 is 0 Å². The third-order valence-electron chi connectivity index (χ3n) is 4.80. The molecule has 3 aromatic rings. The lowest BCUT2D eigenvalue weighted by Gasteiger charge is -2.19. The van der Waals surface area contributed by atoms with Crippen molar-refractivity contribution < 1.29 is 9.21 Å². The van der Waals surface area contributed by atoms with E-state index in [9.17, 15) is 4.79 Å². The van der Waals surface area contributed by atoms with Gasteiger partial charge in [0.15, 0.2) is 5.69 Å². The predicted molar refractivity (Wildman–Crippen MR) is 104 cm³/mol. The molecule has 27 heavy (non-hydrogen) atoms. The maximum atomic E-state index is 12.7. The van der Waals surface area contributed by atoms with Gasteiger partial charge in [-0.1, -0.05) is 30.3 Å². The second kappa shape index (κ2) is 7.94. The van der Waals surface area contributed by atoms with E-state index < -0.39 is 0 Å². The largest absolute Gasteiger partial charge is 0.447 e. The highest BCUT2D eigenvalue weighted by Gasteiger charge is 2.26. The minimum absolute atomic E-state index is 0. The monoisotopic (exact) mass is 387 g/mol. The molecule has 0 saturated heterocycles. The summed E-state index contributed by atoms with van der Waals surface area (Å²) in [5, 5.41) is 4.72. The average molecular weight is 388 g/mol. The van der Waals surface area contributed by atoms with E-state index in [1.807, 2.05) is 34.8 Å². The lowest BCUT2D eigenvalue weighted by atomic mass is 10.0. The zero-order valence-electron chi connectivity index (χ0n) is 15.1. The summed E-state index contributed by atoms with van der Waals surface area (Å²) in [6.45, 7) is 1.44. The fourth-order valence-corrected chi connectivity index (χ4v) is 3.47. The number of nitrogens with two attached hydrogens (primary N) is 1. The number of aryl methyl sites for hydroxylation is 1. The van der Waals surface area contributed by atoms with Crippen molar-refractivity contribution in [3.05, 3.63) is 59.4 Å². The van der Waals surface area contributed by atoms with Gasteiger partial charge < -0.3 is 15.1 Å². The number of hydrogen-bond donors (Lipinski definition) is 1. The Balaban J connectivity index is 0.00000210. The first-order chi connectivity index (χ1) is 12.7. The third-order valence-corrected chi connectivity index (χ3v) is 4.80. The number of aromatic nitrogens is 3. The van der Waals surface area contributed by atoms with E-state index in [2.05, 4.69) is 17.1 Å². The van der Waals surface area contributed by atoms with Gasteiger partial charge in [0.05, 0.1) is 12.2 Å². The van der Waals surface area contributed by atoms with Crippen molar-refractivity contribution in [1.82, 2.24) is 19.7 Å². The average Bonchev–Trinajstić information content (AvgIpc) is 3.20. The molecular formula is C19H22ClN5O2. The van der Waals surface area contributed by atoms with Crippen LogP contribution in [-0.2, 0) is 26.4 Å². The number of hydrogen-bond acceptors (Lipinski definition) is 5. The summed E-state index contributed by atoms with van der Waals surface area (Å²) < 4.78 is 7.14. The summed E-state index contributed by atoms with van der Waals surface area (Å²) in [6.07, 6.45) is 2.92. The molecule has 0 fully saturated rings. The maximum absolute atomic E-state index is 12.7. The number of benzene rings is 1. The highest BCUT2D eigenvalue weighted by atomic mass is 35.5. The van der Waals surface area contributed by atoms with Crippen LogP contribution in [0, 0.1) is 0 Å². The topological polar surface area (TPSA) is 90.2 Å². The molecule has 2 N–H and O–H groups in total. The molecule has 142 valence electrons. The summed E-state index contributed by atoms with van der Waals surface area (Å²) in [6, 6.07) is 10.2. The smallest absolute Gasteiger partial charge is 0.275 e. The summed E-state index contributed by atoms with van der Waals surface area (Å²) >= 11 is 0. The van der Waals surface area contributed by atoms with E-state index in [1.165, 1.54) is 17.5 Å². The van der Waals surface area contributed by atoms with Gasteiger partial charge in [-0.15, -0.1) is 12.4 Å². The Kier molecular flexibility index (Phi) is 5.62. The van der Waals surface area contributed by atoms with E-state index in [0.717, 1.165) is 24.1 Å². The van der Waals surface area contributed by atoms with Gasteiger partial charge in [0.2, 0.25) is 5.89 Å². The first-order valence-electron chi connectivity index (χ1n) is 8.71. The van der Waals surface area contributed by atoms with Crippen molar-refractivity contribution >= 4 is 18.3 Å². The Morgan fingerprint density at radius 3 is 2.67 bits per heavy atom. The van der Waals surface area contributed by atoms with Crippen molar-refractivity contribution in [1.29, 1.82) is 0 Å². The Morgan fingerprint density at radius 2 is 1.96 bits per heavy atom. The van der Waals surface area contributed by atoms with E-state index in [1.54, 1.807) is 0 Å². The Hall–Kier alpha value is -2.64. The van der Waals surface area contributed by atoms with Gasteiger partial charge in [-0.05, 0) is 6.42 Å². The van der Waals surface area contributed by atoms with Gasteiger partial charge in [-0.25, -0.2) is 4.98 Å². The van der Waals surface area contributed by atoms with Crippen LogP contribution < -0.4 is 5.73 Å². The lowest BCUT2D eigenvalue weighted by Crippen LogP contribution is -2.33. The van der Waals surface area contributed by atoms with Crippen LogP contribution in [-0.4, -0.2) is 38.7 Å².